The molecule has 0 aliphatic carbocycles. The van der Waals surface area contributed by atoms with Crippen LogP contribution in [0.1, 0.15) is 25.7 Å². The number of carbonyl (C=O) groups is 2. The Morgan fingerprint density at radius 3 is 3.00 bits per heavy atom. The highest BCUT2D eigenvalue weighted by Crippen LogP contribution is 2.21. The first-order valence-corrected chi connectivity index (χ1v) is 9.49. The summed E-state index contributed by atoms with van der Waals surface area (Å²) in [4.78, 5) is 32.6. The van der Waals surface area contributed by atoms with Gasteiger partial charge in [0, 0.05) is 43.3 Å². The minimum atomic E-state index is -0.111. The topological polar surface area (TPSA) is 74.8 Å². The molecule has 0 bridgehead atoms. The third-order valence-corrected chi connectivity index (χ3v) is 4.90. The first-order valence-electron chi connectivity index (χ1n) is 8.70. The molecule has 3 heterocycles. The fourth-order valence-corrected chi connectivity index (χ4v) is 3.32. The van der Waals surface area contributed by atoms with E-state index >= 15 is 0 Å². The molecule has 1 N–H and O–H groups in total. The van der Waals surface area contributed by atoms with Gasteiger partial charge in [-0.3, -0.25) is 9.69 Å². The summed E-state index contributed by atoms with van der Waals surface area (Å²) in [5.74, 6) is 0.597. The molecule has 25 heavy (non-hydrogen) atoms. The molecule has 2 fully saturated rings. The Balaban J connectivity index is 1.77. The number of urea groups is 1. The molecule has 3 amide bonds. The van der Waals surface area contributed by atoms with E-state index in [-0.39, 0.29) is 18.0 Å². The van der Waals surface area contributed by atoms with Crippen LogP contribution in [0, 0.1) is 0 Å². The van der Waals surface area contributed by atoms with Crippen LogP contribution in [0.3, 0.4) is 0 Å². The van der Waals surface area contributed by atoms with E-state index in [1.807, 2.05) is 12.1 Å². The number of anilines is 1. The highest BCUT2D eigenvalue weighted by Gasteiger charge is 2.28. The fourth-order valence-electron chi connectivity index (χ4n) is 3.09. The lowest BCUT2D eigenvalue weighted by Crippen LogP contribution is -2.49. The van der Waals surface area contributed by atoms with Crippen molar-refractivity contribution in [3.8, 4) is 0 Å². The predicted octanol–water partition coefficient (Wildman–Crippen LogP) is 2.16. The number of ether oxygens (including phenoxy) is 1. The van der Waals surface area contributed by atoms with Crippen molar-refractivity contribution in [2.45, 2.75) is 31.8 Å². The minimum Gasteiger partial charge on any atom is -0.376 e. The van der Waals surface area contributed by atoms with E-state index < -0.39 is 0 Å². The molecule has 0 aromatic carbocycles. The van der Waals surface area contributed by atoms with Crippen LogP contribution < -0.4 is 10.2 Å². The minimum absolute atomic E-state index is 0.00931. The molecule has 0 spiro atoms. The number of pyridine rings is 1. The highest BCUT2D eigenvalue weighted by atomic mass is 79.9. The average Bonchev–Trinajstić information content (AvgIpc) is 3.10. The lowest BCUT2D eigenvalue weighted by molar-refractivity contribution is -0.121. The number of amides is 3. The van der Waals surface area contributed by atoms with E-state index in [9.17, 15) is 9.59 Å². The first kappa shape index (κ1) is 18.1. The van der Waals surface area contributed by atoms with Gasteiger partial charge in [-0.2, -0.15) is 0 Å². The molecule has 2 saturated heterocycles. The molecule has 0 radical (unpaired) electrons. The van der Waals surface area contributed by atoms with Gasteiger partial charge < -0.3 is 15.0 Å². The van der Waals surface area contributed by atoms with Crippen LogP contribution in [0.4, 0.5) is 10.6 Å². The molecular formula is C17H23BrN4O3. The molecule has 136 valence electrons. The number of rotatable bonds is 3. The molecule has 0 saturated carbocycles. The zero-order valence-corrected chi connectivity index (χ0v) is 15.7. The van der Waals surface area contributed by atoms with Crippen molar-refractivity contribution < 1.29 is 14.3 Å². The molecule has 1 unspecified atom stereocenters. The van der Waals surface area contributed by atoms with Crippen LogP contribution in [-0.2, 0) is 9.53 Å². The summed E-state index contributed by atoms with van der Waals surface area (Å²) >= 11 is 3.38. The molecule has 2 aliphatic rings. The number of nitrogens with zero attached hydrogens (tertiary/aromatic N) is 3. The molecule has 3 rings (SSSR count). The van der Waals surface area contributed by atoms with Gasteiger partial charge in [-0.1, -0.05) is 0 Å². The van der Waals surface area contributed by atoms with Gasteiger partial charge >= 0.3 is 6.03 Å². The number of halogens is 1. The van der Waals surface area contributed by atoms with E-state index in [0.29, 0.717) is 38.4 Å². The lowest BCUT2D eigenvalue weighted by Gasteiger charge is -2.32. The summed E-state index contributed by atoms with van der Waals surface area (Å²) in [5.41, 5.74) is 0. The SMILES string of the molecule is O=C1CCN(C(=O)N(CC2CCCO2)c2ccc(Br)cn2)CCCN1. The number of hydrogen-bond acceptors (Lipinski definition) is 4. The molecular weight excluding hydrogens is 388 g/mol. The highest BCUT2D eigenvalue weighted by molar-refractivity contribution is 9.10. The van der Waals surface area contributed by atoms with Crippen LogP contribution in [0.2, 0.25) is 0 Å². The lowest BCUT2D eigenvalue weighted by atomic mass is 10.2. The summed E-state index contributed by atoms with van der Waals surface area (Å²) < 4.78 is 6.58. The summed E-state index contributed by atoms with van der Waals surface area (Å²) in [6.45, 7) is 2.87. The Morgan fingerprint density at radius 2 is 2.28 bits per heavy atom. The second-order valence-electron chi connectivity index (χ2n) is 6.30. The Morgan fingerprint density at radius 1 is 1.40 bits per heavy atom. The number of carbonyl (C=O) groups excluding carboxylic acids is 2. The van der Waals surface area contributed by atoms with Gasteiger partial charge in [-0.05, 0) is 47.3 Å². The third-order valence-electron chi connectivity index (χ3n) is 4.44. The van der Waals surface area contributed by atoms with Crippen molar-refractivity contribution in [3.63, 3.8) is 0 Å². The fraction of sp³-hybridized carbons (Fsp3) is 0.588. The molecule has 1 atom stereocenters. The Hall–Kier alpha value is -1.67. The van der Waals surface area contributed by atoms with Crippen molar-refractivity contribution in [1.29, 1.82) is 0 Å². The molecule has 7 nitrogen and oxygen atoms in total. The van der Waals surface area contributed by atoms with Gasteiger partial charge in [0.05, 0.1) is 12.6 Å². The zero-order valence-electron chi connectivity index (χ0n) is 14.1. The standard InChI is InChI=1S/C17H23BrN4O3/c18-13-4-5-15(20-11-13)22(12-14-3-1-10-25-14)17(24)21-8-2-7-19-16(23)6-9-21/h4-5,11,14H,1-3,6-10,12H2,(H,19,23). The van der Waals surface area contributed by atoms with Gasteiger partial charge in [0.2, 0.25) is 5.91 Å². The van der Waals surface area contributed by atoms with Gasteiger partial charge in [0.25, 0.3) is 0 Å². The Bertz CT molecular complexity index is 604. The molecule has 2 aliphatic heterocycles. The Kier molecular flexibility index (Phi) is 6.25. The Labute approximate surface area is 155 Å². The molecule has 1 aromatic rings. The maximum Gasteiger partial charge on any atom is 0.325 e. The van der Waals surface area contributed by atoms with Crippen molar-refractivity contribution in [2.75, 3.05) is 37.7 Å². The monoisotopic (exact) mass is 410 g/mol. The van der Waals surface area contributed by atoms with E-state index in [2.05, 4.69) is 26.2 Å². The van der Waals surface area contributed by atoms with Crippen molar-refractivity contribution in [2.24, 2.45) is 0 Å². The summed E-state index contributed by atoms with van der Waals surface area (Å²) in [6, 6.07) is 3.59. The largest absolute Gasteiger partial charge is 0.376 e. The van der Waals surface area contributed by atoms with Crippen LogP contribution in [0.5, 0.6) is 0 Å². The predicted molar refractivity (Wildman–Crippen MR) is 97.5 cm³/mol. The van der Waals surface area contributed by atoms with E-state index in [0.717, 1.165) is 30.3 Å². The average molecular weight is 411 g/mol. The summed E-state index contributed by atoms with van der Waals surface area (Å²) in [6.07, 6.45) is 4.76. The van der Waals surface area contributed by atoms with Gasteiger partial charge in [0.15, 0.2) is 0 Å². The number of hydrogen-bond donors (Lipinski definition) is 1. The van der Waals surface area contributed by atoms with Gasteiger partial charge in [-0.25, -0.2) is 9.78 Å². The number of nitrogens with one attached hydrogen (secondary N) is 1. The van der Waals surface area contributed by atoms with E-state index in [4.69, 9.17) is 4.74 Å². The second kappa shape index (κ2) is 8.62. The van der Waals surface area contributed by atoms with Gasteiger partial charge in [-0.15, -0.1) is 0 Å². The normalized spacial score (nSPS) is 21.4. The second-order valence-corrected chi connectivity index (χ2v) is 7.22. The van der Waals surface area contributed by atoms with E-state index in [1.165, 1.54) is 0 Å². The van der Waals surface area contributed by atoms with Crippen molar-refractivity contribution in [3.05, 3.63) is 22.8 Å². The maximum absolute atomic E-state index is 13.2. The maximum atomic E-state index is 13.2. The van der Waals surface area contributed by atoms with Crippen LogP contribution in [0.15, 0.2) is 22.8 Å². The van der Waals surface area contributed by atoms with E-state index in [1.54, 1.807) is 16.0 Å². The third kappa shape index (κ3) is 4.92. The molecule has 8 heteroatoms. The number of aromatic nitrogens is 1. The molecule has 1 aromatic heterocycles. The van der Waals surface area contributed by atoms with Crippen LogP contribution in [-0.4, -0.2) is 60.7 Å². The van der Waals surface area contributed by atoms with Crippen LogP contribution >= 0.6 is 15.9 Å². The smallest absolute Gasteiger partial charge is 0.325 e. The van der Waals surface area contributed by atoms with Crippen molar-refractivity contribution in [1.82, 2.24) is 15.2 Å². The quantitative estimate of drug-likeness (QED) is 0.828. The summed E-state index contributed by atoms with van der Waals surface area (Å²) in [5, 5.41) is 2.84. The van der Waals surface area contributed by atoms with Crippen LogP contribution in [0.25, 0.3) is 0 Å². The summed E-state index contributed by atoms with van der Waals surface area (Å²) in [7, 11) is 0. The first-order chi connectivity index (χ1) is 12.1. The van der Waals surface area contributed by atoms with Crippen molar-refractivity contribution >= 4 is 33.7 Å². The van der Waals surface area contributed by atoms with Gasteiger partial charge in [0.1, 0.15) is 5.82 Å². The zero-order chi connectivity index (χ0) is 17.6.